The van der Waals surface area contributed by atoms with Gasteiger partial charge in [-0.3, -0.25) is 19.7 Å². The lowest BCUT2D eigenvalue weighted by atomic mass is 10.1. The summed E-state index contributed by atoms with van der Waals surface area (Å²) in [4.78, 5) is 33.5. The van der Waals surface area contributed by atoms with Gasteiger partial charge in [-0.1, -0.05) is 71.1 Å². The molecule has 0 aliphatic rings. The van der Waals surface area contributed by atoms with E-state index >= 15 is 0 Å². The van der Waals surface area contributed by atoms with E-state index in [1.807, 2.05) is 0 Å². The van der Waals surface area contributed by atoms with Crippen LogP contribution in [0.5, 0.6) is 0 Å². The van der Waals surface area contributed by atoms with Gasteiger partial charge < -0.3 is 10.8 Å². The molecule has 6 heteroatoms. The summed E-state index contributed by atoms with van der Waals surface area (Å²) in [6.07, 6.45) is 13.0. The van der Waals surface area contributed by atoms with E-state index in [0.29, 0.717) is 0 Å². The number of rotatable bonds is 15. The summed E-state index contributed by atoms with van der Waals surface area (Å²) in [5.74, 6) is -2.25. The molecule has 0 unspecified atom stereocenters. The van der Waals surface area contributed by atoms with Crippen LogP contribution in [0, 0.1) is 0 Å². The summed E-state index contributed by atoms with van der Waals surface area (Å²) < 4.78 is 0. The van der Waals surface area contributed by atoms with Crippen LogP contribution in [0.25, 0.3) is 0 Å². The number of nitrogens with one attached hydrogen (secondary N) is 1. The highest BCUT2D eigenvalue weighted by Gasteiger charge is 2.18. The summed E-state index contributed by atoms with van der Waals surface area (Å²) in [5.41, 5.74) is 5.38. The molecule has 2 amide bonds. The Hall–Kier alpha value is -1.43. The van der Waals surface area contributed by atoms with E-state index in [1.54, 1.807) is 0 Å². The molecule has 0 heterocycles. The van der Waals surface area contributed by atoms with Gasteiger partial charge in [-0.25, -0.2) is 0 Å². The Bertz CT molecular complexity index is 372. The van der Waals surface area contributed by atoms with Crippen molar-refractivity contribution < 1.29 is 19.5 Å². The fourth-order valence-corrected chi connectivity index (χ4v) is 2.52. The van der Waals surface area contributed by atoms with E-state index in [0.717, 1.165) is 19.3 Å². The van der Waals surface area contributed by atoms with Crippen LogP contribution in [0.3, 0.4) is 0 Å². The number of unbranched alkanes of at least 4 members (excludes halogenated alkanes) is 10. The Morgan fingerprint density at radius 3 is 1.79 bits per heavy atom. The second-order valence-electron chi connectivity index (χ2n) is 6.40. The van der Waals surface area contributed by atoms with Crippen LogP contribution in [-0.2, 0) is 14.4 Å². The summed E-state index contributed by atoms with van der Waals surface area (Å²) in [6, 6.07) is -1.18. The number of hydrogen-bond acceptors (Lipinski definition) is 4. The number of amides is 2. The Morgan fingerprint density at radius 1 is 0.875 bits per heavy atom. The van der Waals surface area contributed by atoms with Gasteiger partial charge in [0.2, 0.25) is 11.8 Å². The monoisotopic (exact) mass is 342 g/mol. The molecule has 6 nitrogen and oxygen atoms in total. The molecule has 140 valence electrons. The fraction of sp³-hybridized carbons (Fsp3) is 0.833. The zero-order chi connectivity index (χ0) is 18.2. The summed E-state index contributed by atoms with van der Waals surface area (Å²) in [7, 11) is 0. The minimum absolute atomic E-state index is 0.280. The van der Waals surface area contributed by atoms with Crippen LogP contribution in [-0.4, -0.2) is 28.9 Å². The summed E-state index contributed by atoms with van der Waals surface area (Å²) in [5, 5.41) is 10.7. The van der Waals surface area contributed by atoms with Crippen molar-refractivity contribution in [3.05, 3.63) is 0 Å². The number of hydrogen-bond donors (Lipinski definition) is 3. The predicted molar refractivity (Wildman–Crippen MR) is 94.5 cm³/mol. The van der Waals surface area contributed by atoms with Gasteiger partial charge in [0.1, 0.15) is 0 Å². The van der Waals surface area contributed by atoms with Gasteiger partial charge in [0.25, 0.3) is 0 Å². The van der Waals surface area contributed by atoms with E-state index in [1.165, 1.54) is 51.4 Å². The Labute approximate surface area is 145 Å². The van der Waals surface area contributed by atoms with E-state index < -0.39 is 24.3 Å². The van der Waals surface area contributed by atoms with Crippen LogP contribution in [0.15, 0.2) is 0 Å². The molecule has 0 aliphatic heterocycles. The zero-order valence-electron chi connectivity index (χ0n) is 15.0. The van der Waals surface area contributed by atoms with Crippen LogP contribution in [0.1, 0.15) is 90.4 Å². The highest BCUT2D eigenvalue weighted by Crippen LogP contribution is 2.11. The average molecular weight is 342 g/mol. The second kappa shape index (κ2) is 15.1. The van der Waals surface area contributed by atoms with Crippen molar-refractivity contribution in [3.63, 3.8) is 0 Å². The van der Waals surface area contributed by atoms with Gasteiger partial charge in [0.05, 0.1) is 12.5 Å². The third-order valence-electron chi connectivity index (χ3n) is 4.00. The molecule has 0 aliphatic carbocycles. The first kappa shape index (κ1) is 22.6. The Balaban J connectivity index is 3.46. The first-order valence-corrected chi connectivity index (χ1v) is 9.28. The van der Waals surface area contributed by atoms with Gasteiger partial charge in [-0.2, -0.15) is 0 Å². The molecule has 0 aromatic heterocycles. The first-order valence-electron chi connectivity index (χ1n) is 9.28. The van der Waals surface area contributed by atoms with Crippen molar-refractivity contribution >= 4 is 17.8 Å². The third kappa shape index (κ3) is 14.2. The SMILES string of the molecule is CCCCCCCCCCCCCC(=O)NC(=O)[C@@H](N)CC(=O)O. The zero-order valence-corrected chi connectivity index (χ0v) is 15.0. The minimum Gasteiger partial charge on any atom is -0.481 e. The molecule has 0 fully saturated rings. The van der Waals surface area contributed by atoms with Crippen LogP contribution < -0.4 is 11.1 Å². The molecule has 0 aromatic rings. The normalized spacial score (nSPS) is 11.9. The van der Waals surface area contributed by atoms with Crippen LogP contribution >= 0.6 is 0 Å². The maximum absolute atomic E-state index is 11.6. The second-order valence-corrected chi connectivity index (χ2v) is 6.40. The van der Waals surface area contributed by atoms with Gasteiger partial charge >= 0.3 is 5.97 Å². The molecule has 1 atom stereocenters. The van der Waals surface area contributed by atoms with Crippen molar-refractivity contribution in [2.75, 3.05) is 0 Å². The average Bonchev–Trinajstić information content (AvgIpc) is 2.51. The standard InChI is InChI=1S/C18H34N2O4/c1-2-3-4-5-6-7-8-9-10-11-12-13-16(21)20-18(24)15(19)14-17(22)23/h15H,2-14,19H2,1H3,(H,22,23)(H,20,21,24)/t15-/m0/s1. The molecule has 24 heavy (non-hydrogen) atoms. The number of carboxylic acid groups (broad SMARTS) is 1. The first-order chi connectivity index (χ1) is 11.5. The molecule has 4 N–H and O–H groups in total. The van der Waals surface area contributed by atoms with E-state index in [9.17, 15) is 14.4 Å². The highest BCUT2D eigenvalue weighted by atomic mass is 16.4. The quantitative estimate of drug-likeness (QED) is 0.396. The molecule has 0 spiro atoms. The number of carboxylic acids is 1. The van der Waals surface area contributed by atoms with E-state index in [-0.39, 0.29) is 12.3 Å². The van der Waals surface area contributed by atoms with E-state index in [2.05, 4.69) is 12.2 Å². The molecule has 0 rings (SSSR count). The molecular formula is C18H34N2O4. The molecular weight excluding hydrogens is 308 g/mol. The van der Waals surface area contributed by atoms with Gasteiger partial charge in [0, 0.05) is 6.42 Å². The number of carbonyl (C=O) groups is 3. The molecule has 0 radical (unpaired) electrons. The third-order valence-corrected chi connectivity index (χ3v) is 4.00. The maximum atomic E-state index is 11.6. The topological polar surface area (TPSA) is 109 Å². The van der Waals surface area contributed by atoms with Gasteiger partial charge in [-0.05, 0) is 6.42 Å². The van der Waals surface area contributed by atoms with Crippen molar-refractivity contribution in [1.29, 1.82) is 0 Å². The Morgan fingerprint density at radius 2 is 1.33 bits per heavy atom. The number of nitrogens with two attached hydrogens (primary N) is 1. The maximum Gasteiger partial charge on any atom is 0.305 e. The van der Waals surface area contributed by atoms with Crippen molar-refractivity contribution in [2.45, 2.75) is 96.4 Å². The minimum atomic E-state index is -1.18. The molecule has 0 bridgehead atoms. The smallest absolute Gasteiger partial charge is 0.305 e. The van der Waals surface area contributed by atoms with Crippen molar-refractivity contribution in [1.82, 2.24) is 5.32 Å². The predicted octanol–water partition coefficient (Wildman–Crippen LogP) is 3.13. The lowest BCUT2D eigenvalue weighted by molar-refractivity contribution is -0.140. The summed E-state index contributed by atoms with van der Waals surface area (Å²) >= 11 is 0. The van der Waals surface area contributed by atoms with Crippen molar-refractivity contribution in [2.24, 2.45) is 5.73 Å². The number of carbonyl (C=O) groups excluding carboxylic acids is 2. The molecule has 0 aromatic carbocycles. The number of aliphatic carboxylic acids is 1. The molecule has 0 saturated heterocycles. The van der Waals surface area contributed by atoms with Gasteiger partial charge in [0.15, 0.2) is 0 Å². The van der Waals surface area contributed by atoms with Crippen molar-refractivity contribution in [3.8, 4) is 0 Å². The molecule has 0 saturated carbocycles. The summed E-state index contributed by atoms with van der Waals surface area (Å²) in [6.45, 7) is 2.22. The van der Waals surface area contributed by atoms with Crippen LogP contribution in [0.4, 0.5) is 0 Å². The number of imide groups is 1. The Kier molecular flexibility index (Phi) is 14.2. The highest BCUT2D eigenvalue weighted by molar-refractivity contribution is 5.98. The lowest BCUT2D eigenvalue weighted by Crippen LogP contribution is -2.44. The lowest BCUT2D eigenvalue weighted by Gasteiger charge is -2.09. The largest absolute Gasteiger partial charge is 0.481 e. The van der Waals surface area contributed by atoms with E-state index in [4.69, 9.17) is 10.8 Å². The fourth-order valence-electron chi connectivity index (χ4n) is 2.52. The van der Waals surface area contributed by atoms with Gasteiger partial charge in [-0.15, -0.1) is 0 Å². The van der Waals surface area contributed by atoms with Crippen LogP contribution in [0.2, 0.25) is 0 Å².